The summed E-state index contributed by atoms with van der Waals surface area (Å²) >= 11 is 6.42. The highest BCUT2D eigenvalue weighted by molar-refractivity contribution is 8.26. The van der Waals surface area contributed by atoms with Crippen molar-refractivity contribution in [3.05, 3.63) is 77.3 Å². The van der Waals surface area contributed by atoms with Crippen molar-refractivity contribution in [2.75, 3.05) is 11.9 Å². The average Bonchev–Trinajstić information content (AvgIpc) is 2.91. The molecule has 1 N–H and O–H groups in total. The van der Waals surface area contributed by atoms with E-state index in [1.165, 1.54) is 16.7 Å². The lowest BCUT2D eigenvalue weighted by atomic mass is 10.2. The minimum Gasteiger partial charge on any atom is -0.309 e. The number of benzene rings is 1. The molecular weight excluding hydrogens is 366 g/mol. The van der Waals surface area contributed by atoms with Gasteiger partial charge in [0.2, 0.25) is 5.91 Å². The summed E-state index contributed by atoms with van der Waals surface area (Å²) in [5.41, 5.74) is 1.04. The number of anilines is 1. The van der Waals surface area contributed by atoms with Gasteiger partial charge in [-0.3, -0.25) is 14.5 Å². The topological polar surface area (TPSA) is 62.3 Å². The number of pyridine rings is 1. The number of carbonyl (C=O) groups is 2. The van der Waals surface area contributed by atoms with Crippen LogP contribution in [0.25, 0.3) is 6.08 Å². The Hall–Kier alpha value is -2.77. The minimum absolute atomic E-state index is 0.138. The maximum atomic E-state index is 12.5. The number of amides is 2. The second-order valence-corrected chi connectivity index (χ2v) is 7.00. The van der Waals surface area contributed by atoms with Gasteiger partial charge < -0.3 is 5.32 Å². The molecule has 1 aromatic carbocycles. The first kappa shape index (κ1) is 18.0. The summed E-state index contributed by atoms with van der Waals surface area (Å²) in [6.45, 7) is -0.138. The van der Waals surface area contributed by atoms with Crippen LogP contribution in [0.5, 0.6) is 0 Å². The lowest BCUT2D eigenvalue weighted by Crippen LogP contribution is -2.36. The van der Waals surface area contributed by atoms with E-state index in [9.17, 15) is 9.59 Å². The summed E-state index contributed by atoms with van der Waals surface area (Å²) in [6.07, 6.45) is 7.00. The third-order valence-electron chi connectivity index (χ3n) is 3.44. The number of aromatic nitrogens is 1. The molecule has 7 heteroatoms. The molecule has 0 atom stereocenters. The van der Waals surface area contributed by atoms with Crippen molar-refractivity contribution in [1.82, 2.24) is 9.88 Å². The van der Waals surface area contributed by atoms with Gasteiger partial charge in [-0.05, 0) is 23.8 Å². The summed E-state index contributed by atoms with van der Waals surface area (Å²) in [7, 11) is 0. The highest BCUT2D eigenvalue weighted by Crippen LogP contribution is 2.30. The molecule has 1 aliphatic heterocycles. The zero-order valence-corrected chi connectivity index (χ0v) is 15.3. The van der Waals surface area contributed by atoms with Gasteiger partial charge in [-0.15, -0.1) is 0 Å². The lowest BCUT2D eigenvalue weighted by molar-refractivity contribution is -0.126. The van der Waals surface area contributed by atoms with E-state index < -0.39 is 0 Å². The van der Waals surface area contributed by atoms with Crippen LogP contribution in [-0.2, 0) is 9.59 Å². The van der Waals surface area contributed by atoms with Gasteiger partial charge in [-0.1, -0.05) is 72.5 Å². The van der Waals surface area contributed by atoms with Gasteiger partial charge in [0.25, 0.3) is 5.91 Å². The van der Waals surface area contributed by atoms with Gasteiger partial charge in [0.05, 0.1) is 4.91 Å². The van der Waals surface area contributed by atoms with E-state index in [0.717, 1.165) is 5.56 Å². The van der Waals surface area contributed by atoms with Crippen molar-refractivity contribution >= 4 is 52.0 Å². The molecule has 0 unspecified atom stereocenters. The van der Waals surface area contributed by atoms with Gasteiger partial charge in [0.1, 0.15) is 16.7 Å². The van der Waals surface area contributed by atoms with E-state index in [1.54, 1.807) is 36.5 Å². The molecule has 1 saturated heterocycles. The van der Waals surface area contributed by atoms with Crippen LogP contribution in [0.15, 0.2) is 71.8 Å². The zero-order chi connectivity index (χ0) is 18.4. The zero-order valence-electron chi connectivity index (χ0n) is 13.7. The van der Waals surface area contributed by atoms with E-state index in [-0.39, 0.29) is 18.4 Å². The van der Waals surface area contributed by atoms with E-state index in [0.29, 0.717) is 15.0 Å². The highest BCUT2D eigenvalue weighted by Gasteiger charge is 2.33. The molecule has 2 aromatic rings. The largest absolute Gasteiger partial charge is 0.309 e. The number of thiocarbonyl (C=S) groups is 1. The standard InChI is InChI=1S/C19H15N3O2S2/c23-17(21-16-11-4-5-12-20-16)13-22-18(24)15(26-19(22)25)10-6-9-14-7-2-1-3-8-14/h1-12H,13H2,(H,20,21,23)/b9-6+,15-10-. The third kappa shape index (κ3) is 4.65. The van der Waals surface area contributed by atoms with Crippen molar-refractivity contribution in [2.24, 2.45) is 0 Å². The number of nitrogens with one attached hydrogen (secondary N) is 1. The van der Waals surface area contributed by atoms with Gasteiger partial charge in [0, 0.05) is 6.20 Å². The Labute approximate surface area is 160 Å². The molecule has 0 saturated carbocycles. The first-order valence-electron chi connectivity index (χ1n) is 7.81. The molecule has 3 rings (SSSR count). The van der Waals surface area contributed by atoms with Crippen molar-refractivity contribution in [1.29, 1.82) is 0 Å². The van der Waals surface area contributed by atoms with Crippen molar-refractivity contribution in [3.8, 4) is 0 Å². The molecule has 5 nitrogen and oxygen atoms in total. The Bertz CT molecular complexity index is 880. The molecule has 1 aromatic heterocycles. The first-order chi connectivity index (χ1) is 12.6. The summed E-state index contributed by atoms with van der Waals surface area (Å²) in [6, 6.07) is 15.0. The van der Waals surface area contributed by atoms with Crippen LogP contribution >= 0.6 is 24.0 Å². The van der Waals surface area contributed by atoms with E-state index in [2.05, 4.69) is 10.3 Å². The normalized spacial score (nSPS) is 15.8. The van der Waals surface area contributed by atoms with Gasteiger partial charge in [-0.2, -0.15) is 0 Å². The number of rotatable bonds is 5. The Morgan fingerprint density at radius 1 is 1.19 bits per heavy atom. The number of thioether (sulfide) groups is 1. The maximum Gasteiger partial charge on any atom is 0.266 e. The fourth-order valence-corrected chi connectivity index (χ4v) is 3.43. The Morgan fingerprint density at radius 3 is 2.69 bits per heavy atom. The number of nitrogens with zero attached hydrogens (tertiary/aromatic N) is 2. The van der Waals surface area contributed by atoms with Crippen molar-refractivity contribution in [2.45, 2.75) is 0 Å². The van der Waals surface area contributed by atoms with Crippen LogP contribution in [0.1, 0.15) is 5.56 Å². The number of allylic oxidation sites excluding steroid dienone is 2. The molecule has 130 valence electrons. The second kappa shape index (κ2) is 8.55. The van der Waals surface area contributed by atoms with E-state index >= 15 is 0 Å². The maximum absolute atomic E-state index is 12.5. The fourth-order valence-electron chi connectivity index (χ4n) is 2.22. The van der Waals surface area contributed by atoms with Crippen LogP contribution in [0.2, 0.25) is 0 Å². The fraction of sp³-hybridized carbons (Fsp3) is 0.0526. The molecule has 1 aliphatic rings. The van der Waals surface area contributed by atoms with E-state index in [1.807, 2.05) is 36.4 Å². The molecule has 2 heterocycles. The van der Waals surface area contributed by atoms with Crippen LogP contribution in [0.4, 0.5) is 5.82 Å². The van der Waals surface area contributed by atoms with E-state index in [4.69, 9.17) is 12.2 Å². The second-order valence-electron chi connectivity index (χ2n) is 5.32. The minimum atomic E-state index is -0.346. The van der Waals surface area contributed by atoms with Crippen LogP contribution < -0.4 is 5.32 Å². The SMILES string of the molecule is O=C(CN1C(=O)/C(=C/C=C/c2ccccc2)SC1=S)Nc1ccccn1. The monoisotopic (exact) mass is 381 g/mol. The van der Waals surface area contributed by atoms with Gasteiger partial charge in [0.15, 0.2) is 0 Å². The molecular formula is C19H15N3O2S2. The third-order valence-corrected chi connectivity index (χ3v) is 4.84. The predicted octanol–water partition coefficient (Wildman–Crippen LogP) is 3.48. The molecule has 26 heavy (non-hydrogen) atoms. The summed E-state index contributed by atoms with van der Waals surface area (Å²) < 4.78 is 0.366. The lowest BCUT2D eigenvalue weighted by Gasteiger charge is -2.13. The van der Waals surface area contributed by atoms with Crippen LogP contribution in [0, 0.1) is 0 Å². The average molecular weight is 381 g/mol. The highest BCUT2D eigenvalue weighted by atomic mass is 32.2. The number of hydrogen-bond donors (Lipinski definition) is 1. The van der Waals surface area contributed by atoms with Crippen LogP contribution in [-0.4, -0.2) is 32.6 Å². The molecule has 0 radical (unpaired) electrons. The predicted molar refractivity (Wildman–Crippen MR) is 108 cm³/mol. The Morgan fingerprint density at radius 2 is 1.96 bits per heavy atom. The molecule has 1 fully saturated rings. The van der Waals surface area contributed by atoms with Gasteiger partial charge >= 0.3 is 0 Å². The van der Waals surface area contributed by atoms with Crippen molar-refractivity contribution in [3.63, 3.8) is 0 Å². The number of carbonyl (C=O) groups excluding carboxylic acids is 2. The molecule has 2 amide bonds. The number of hydrogen-bond acceptors (Lipinski definition) is 5. The Kier molecular flexibility index (Phi) is 5.93. The summed E-state index contributed by atoms with van der Waals surface area (Å²) in [5, 5.41) is 2.64. The van der Waals surface area contributed by atoms with Gasteiger partial charge in [-0.25, -0.2) is 4.98 Å². The Balaban J connectivity index is 1.62. The summed E-state index contributed by atoms with van der Waals surface area (Å²) in [4.78, 5) is 30.4. The molecule has 0 bridgehead atoms. The van der Waals surface area contributed by atoms with Crippen LogP contribution in [0.3, 0.4) is 0 Å². The van der Waals surface area contributed by atoms with Crippen molar-refractivity contribution < 1.29 is 9.59 Å². The molecule has 0 spiro atoms. The smallest absolute Gasteiger partial charge is 0.266 e. The first-order valence-corrected chi connectivity index (χ1v) is 9.04. The summed E-state index contributed by atoms with van der Waals surface area (Å²) in [5.74, 6) is -0.181. The molecule has 0 aliphatic carbocycles. The quantitative estimate of drug-likeness (QED) is 0.635.